The van der Waals surface area contributed by atoms with Crippen LogP contribution in [0.25, 0.3) is 21.9 Å². The third kappa shape index (κ3) is 1.44. The van der Waals surface area contributed by atoms with Crippen LogP contribution in [0.2, 0.25) is 0 Å². The van der Waals surface area contributed by atoms with Crippen molar-refractivity contribution in [3.05, 3.63) is 47.4 Å². The van der Waals surface area contributed by atoms with Crippen molar-refractivity contribution in [2.75, 3.05) is 0 Å². The predicted octanol–water partition coefficient (Wildman–Crippen LogP) is 2.04. The van der Waals surface area contributed by atoms with Crippen molar-refractivity contribution in [3.63, 3.8) is 0 Å². The van der Waals surface area contributed by atoms with Gasteiger partial charge in [-0.15, -0.1) is 0 Å². The van der Waals surface area contributed by atoms with E-state index in [1.807, 2.05) is 24.3 Å². The van der Waals surface area contributed by atoms with Crippen LogP contribution in [0, 0.1) is 4.91 Å². The number of para-hydroxylation sites is 1. The van der Waals surface area contributed by atoms with Gasteiger partial charge in [0.15, 0.2) is 0 Å². The van der Waals surface area contributed by atoms with Crippen LogP contribution in [-0.4, -0.2) is 12.1 Å². The van der Waals surface area contributed by atoms with Crippen molar-refractivity contribution in [2.45, 2.75) is 0 Å². The lowest BCUT2D eigenvalue weighted by atomic mass is 9.73. The number of nitroso groups, excluding NO2 is 1. The lowest BCUT2D eigenvalue weighted by Crippen LogP contribution is -2.28. The summed E-state index contributed by atoms with van der Waals surface area (Å²) >= 11 is 0. The molecule has 1 N–H and O–H groups in total. The number of furan rings is 1. The fourth-order valence-corrected chi connectivity index (χ4v) is 2.07. The van der Waals surface area contributed by atoms with E-state index in [2.05, 4.69) is 5.09 Å². The van der Waals surface area contributed by atoms with Gasteiger partial charge in [0.05, 0.1) is 0 Å². The van der Waals surface area contributed by atoms with Crippen LogP contribution in [-0.2, 0) is 0 Å². The molecular formula is C12H8BNO3. The molecule has 0 aliphatic rings. The van der Waals surface area contributed by atoms with Crippen LogP contribution < -0.4 is 5.46 Å². The molecule has 0 atom stereocenters. The maximum Gasteiger partial charge on any atom is 0.518 e. The summed E-state index contributed by atoms with van der Waals surface area (Å²) in [6.07, 6.45) is 0. The normalized spacial score (nSPS) is 10.9. The quantitative estimate of drug-likeness (QED) is 0.536. The third-order valence-corrected chi connectivity index (χ3v) is 2.81. The standard InChI is InChI=1S/C12H8BNO3/c15-13(14-16)9-5-3-7-11-12(9)8-4-1-2-6-10(8)17-11/h1-7,15H. The smallest absolute Gasteiger partial charge is 0.456 e. The molecular weight excluding hydrogens is 217 g/mol. The summed E-state index contributed by atoms with van der Waals surface area (Å²) in [6.45, 7) is 0. The van der Waals surface area contributed by atoms with E-state index in [-0.39, 0.29) is 0 Å². The molecule has 0 amide bonds. The summed E-state index contributed by atoms with van der Waals surface area (Å²) < 4.78 is 5.63. The minimum Gasteiger partial charge on any atom is -0.456 e. The zero-order valence-corrected chi connectivity index (χ0v) is 8.83. The van der Waals surface area contributed by atoms with Crippen molar-refractivity contribution in [2.24, 2.45) is 5.09 Å². The molecule has 0 radical (unpaired) electrons. The molecule has 0 saturated heterocycles. The number of hydrogen-bond donors (Lipinski definition) is 1. The van der Waals surface area contributed by atoms with Crippen LogP contribution in [0.1, 0.15) is 0 Å². The van der Waals surface area contributed by atoms with Gasteiger partial charge in [-0.25, -0.2) is 0 Å². The van der Waals surface area contributed by atoms with Gasteiger partial charge >= 0.3 is 7.05 Å². The number of benzene rings is 2. The monoisotopic (exact) mass is 225 g/mol. The van der Waals surface area contributed by atoms with Crippen molar-refractivity contribution in [1.82, 2.24) is 0 Å². The zero-order valence-electron chi connectivity index (χ0n) is 8.83. The minimum absolute atomic E-state index is 0.474. The highest BCUT2D eigenvalue weighted by Gasteiger charge is 2.21. The number of fused-ring (bicyclic) bond motifs is 3. The lowest BCUT2D eigenvalue weighted by molar-refractivity contribution is 0.588. The summed E-state index contributed by atoms with van der Waals surface area (Å²) in [6, 6.07) is 12.7. The van der Waals surface area contributed by atoms with Crippen LogP contribution in [0.4, 0.5) is 0 Å². The second-order valence-corrected chi connectivity index (χ2v) is 3.80. The molecule has 0 saturated carbocycles. The molecule has 0 bridgehead atoms. The van der Waals surface area contributed by atoms with E-state index in [4.69, 9.17) is 4.42 Å². The molecule has 0 fully saturated rings. The number of hydrogen-bond acceptors (Lipinski definition) is 4. The van der Waals surface area contributed by atoms with Gasteiger partial charge in [-0.3, -0.25) is 0 Å². The van der Waals surface area contributed by atoms with Crippen LogP contribution in [0.3, 0.4) is 0 Å². The van der Waals surface area contributed by atoms with Crippen molar-refractivity contribution >= 4 is 34.5 Å². The van der Waals surface area contributed by atoms with E-state index in [0.29, 0.717) is 11.0 Å². The molecule has 82 valence electrons. The van der Waals surface area contributed by atoms with E-state index in [1.54, 1.807) is 18.2 Å². The van der Waals surface area contributed by atoms with Gasteiger partial charge < -0.3 is 9.44 Å². The first-order valence-electron chi connectivity index (χ1n) is 5.22. The van der Waals surface area contributed by atoms with Gasteiger partial charge in [0.2, 0.25) is 0 Å². The second kappa shape index (κ2) is 3.71. The molecule has 0 spiro atoms. The van der Waals surface area contributed by atoms with E-state index in [9.17, 15) is 9.93 Å². The average Bonchev–Trinajstić information content (AvgIpc) is 2.76. The highest BCUT2D eigenvalue weighted by atomic mass is 16.3. The fraction of sp³-hybridized carbons (Fsp3) is 0. The Hall–Kier alpha value is -2.14. The Morgan fingerprint density at radius 3 is 2.65 bits per heavy atom. The Labute approximate surface area is 97.0 Å². The first-order valence-corrected chi connectivity index (χ1v) is 5.22. The molecule has 1 aromatic heterocycles. The Morgan fingerprint density at radius 1 is 1.06 bits per heavy atom. The average molecular weight is 225 g/mol. The molecule has 2 aromatic carbocycles. The summed E-state index contributed by atoms with van der Waals surface area (Å²) in [7, 11) is -1.36. The van der Waals surface area contributed by atoms with Gasteiger partial charge in [-0.2, -0.15) is 4.91 Å². The van der Waals surface area contributed by atoms with Crippen molar-refractivity contribution in [3.8, 4) is 0 Å². The SMILES string of the molecule is O=NB(O)c1cccc2oc3ccccc3c12. The molecule has 5 heteroatoms. The summed E-state index contributed by atoms with van der Waals surface area (Å²) in [5.41, 5.74) is 1.85. The topological polar surface area (TPSA) is 62.8 Å². The largest absolute Gasteiger partial charge is 0.518 e. The molecule has 4 nitrogen and oxygen atoms in total. The highest BCUT2D eigenvalue weighted by molar-refractivity contribution is 6.67. The van der Waals surface area contributed by atoms with E-state index < -0.39 is 7.05 Å². The van der Waals surface area contributed by atoms with Gasteiger partial charge in [0.1, 0.15) is 11.2 Å². The second-order valence-electron chi connectivity index (χ2n) is 3.80. The maximum atomic E-state index is 10.5. The number of rotatable bonds is 2. The third-order valence-electron chi connectivity index (χ3n) is 2.81. The van der Waals surface area contributed by atoms with Crippen LogP contribution in [0.5, 0.6) is 0 Å². The van der Waals surface area contributed by atoms with Gasteiger partial charge in [-0.05, 0) is 17.6 Å². The van der Waals surface area contributed by atoms with Gasteiger partial charge in [0.25, 0.3) is 0 Å². The van der Waals surface area contributed by atoms with Gasteiger partial charge in [-0.1, -0.05) is 35.4 Å². The Kier molecular flexibility index (Phi) is 2.19. The molecule has 17 heavy (non-hydrogen) atoms. The molecule has 0 aliphatic heterocycles. The summed E-state index contributed by atoms with van der Waals surface area (Å²) in [5, 5.41) is 13.9. The molecule has 0 aliphatic carbocycles. The first-order chi connectivity index (χ1) is 8.31. The fourth-order valence-electron chi connectivity index (χ4n) is 2.07. The first kappa shape index (κ1) is 10.0. The Balaban J connectivity index is 2.47. The summed E-state index contributed by atoms with van der Waals surface area (Å²) in [5.74, 6) is 0. The van der Waals surface area contributed by atoms with Crippen molar-refractivity contribution in [1.29, 1.82) is 0 Å². The Bertz CT molecular complexity index is 707. The highest BCUT2D eigenvalue weighted by Crippen LogP contribution is 2.27. The zero-order chi connectivity index (χ0) is 11.8. The predicted molar refractivity (Wildman–Crippen MR) is 67.1 cm³/mol. The van der Waals surface area contributed by atoms with E-state index >= 15 is 0 Å². The van der Waals surface area contributed by atoms with Gasteiger partial charge in [0, 0.05) is 10.8 Å². The number of nitrogens with zero attached hydrogens (tertiary/aromatic N) is 1. The molecule has 3 aromatic rings. The van der Waals surface area contributed by atoms with Crippen molar-refractivity contribution < 1.29 is 9.44 Å². The maximum absolute atomic E-state index is 10.5. The van der Waals surface area contributed by atoms with Crippen LogP contribution >= 0.6 is 0 Å². The molecule has 1 heterocycles. The Morgan fingerprint density at radius 2 is 1.82 bits per heavy atom. The lowest BCUT2D eigenvalue weighted by Gasteiger charge is -1.99. The minimum atomic E-state index is -1.36. The van der Waals surface area contributed by atoms with E-state index in [0.717, 1.165) is 16.4 Å². The van der Waals surface area contributed by atoms with E-state index in [1.165, 1.54) is 0 Å². The molecule has 3 rings (SSSR count). The summed E-state index contributed by atoms with van der Waals surface area (Å²) in [4.78, 5) is 10.5. The molecule has 0 unspecified atom stereocenters. The van der Waals surface area contributed by atoms with Crippen LogP contribution in [0.15, 0.2) is 52.0 Å².